The van der Waals surface area contributed by atoms with Crippen molar-refractivity contribution in [2.24, 2.45) is 0 Å². The third-order valence-corrected chi connectivity index (χ3v) is 4.05. The fourth-order valence-corrected chi connectivity index (χ4v) is 2.65. The van der Waals surface area contributed by atoms with Crippen LogP contribution in [0.2, 0.25) is 0 Å². The summed E-state index contributed by atoms with van der Waals surface area (Å²) in [5.74, 6) is 0.630. The molecule has 0 atom stereocenters. The van der Waals surface area contributed by atoms with Gasteiger partial charge in [0.2, 0.25) is 0 Å². The average molecular weight is 283 g/mol. The van der Waals surface area contributed by atoms with Gasteiger partial charge in [0.25, 0.3) is 0 Å². The molecule has 0 amide bonds. The summed E-state index contributed by atoms with van der Waals surface area (Å²) in [4.78, 5) is 2.57. The molecule has 0 spiro atoms. The Labute approximate surface area is 124 Å². The van der Waals surface area contributed by atoms with E-state index < -0.39 is 0 Å². The fraction of sp³-hybridized carbons (Fsp3) is 0.625. The van der Waals surface area contributed by atoms with Crippen LogP contribution in [0, 0.1) is 0 Å². The molecule has 0 bridgehead atoms. The van der Waals surface area contributed by atoms with Crippen LogP contribution in [-0.4, -0.2) is 31.1 Å². The number of nitrogens with one attached hydrogen (secondary N) is 1. The number of rotatable bonds is 4. The molecule has 108 valence electrons. The molecule has 0 radical (unpaired) electrons. The first-order valence-corrected chi connectivity index (χ1v) is 7.17. The predicted octanol–water partition coefficient (Wildman–Crippen LogP) is 3.42. The molecular weight excluding hydrogens is 256 g/mol. The van der Waals surface area contributed by atoms with Gasteiger partial charge in [0.05, 0.1) is 0 Å². The Kier molecular flexibility index (Phi) is 6.84. The summed E-state index contributed by atoms with van der Waals surface area (Å²) in [6.45, 7) is 8.04. The van der Waals surface area contributed by atoms with E-state index in [-0.39, 0.29) is 12.4 Å². The van der Waals surface area contributed by atoms with Gasteiger partial charge in [0, 0.05) is 12.6 Å². The SMILES string of the molecule is CNC1CCN(Cc2ccc(C(C)C)cc2)CC1.Cl. The molecule has 1 aromatic carbocycles. The summed E-state index contributed by atoms with van der Waals surface area (Å²) in [7, 11) is 2.07. The minimum absolute atomic E-state index is 0. The zero-order valence-corrected chi connectivity index (χ0v) is 13.2. The first-order chi connectivity index (χ1) is 8.69. The van der Waals surface area contributed by atoms with Crippen molar-refractivity contribution in [3.8, 4) is 0 Å². The van der Waals surface area contributed by atoms with E-state index in [1.54, 1.807) is 0 Å². The Morgan fingerprint density at radius 1 is 1.16 bits per heavy atom. The Balaban J connectivity index is 0.00000180. The quantitative estimate of drug-likeness (QED) is 0.910. The normalized spacial score (nSPS) is 17.5. The molecule has 2 nitrogen and oxygen atoms in total. The van der Waals surface area contributed by atoms with E-state index in [2.05, 4.69) is 55.4 Å². The molecule has 1 N–H and O–H groups in total. The smallest absolute Gasteiger partial charge is 0.0233 e. The van der Waals surface area contributed by atoms with Crippen molar-refractivity contribution >= 4 is 12.4 Å². The molecule has 1 aliphatic rings. The Hall–Kier alpha value is -0.570. The van der Waals surface area contributed by atoms with Crippen LogP contribution in [0.15, 0.2) is 24.3 Å². The number of halogens is 1. The van der Waals surface area contributed by atoms with E-state index in [1.807, 2.05) is 0 Å². The van der Waals surface area contributed by atoms with Crippen molar-refractivity contribution < 1.29 is 0 Å². The summed E-state index contributed by atoms with van der Waals surface area (Å²) < 4.78 is 0. The van der Waals surface area contributed by atoms with Gasteiger partial charge in [-0.15, -0.1) is 12.4 Å². The van der Waals surface area contributed by atoms with Crippen LogP contribution in [-0.2, 0) is 6.54 Å². The minimum Gasteiger partial charge on any atom is -0.317 e. The highest BCUT2D eigenvalue weighted by Gasteiger charge is 2.17. The van der Waals surface area contributed by atoms with Crippen molar-refractivity contribution in [1.82, 2.24) is 10.2 Å². The van der Waals surface area contributed by atoms with E-state index in [9.17, 15) is 0 Å². The number of hydrogen-bond acceptors (Lipinski definition) is 2. The van der Waals surface area contributed by atoms with Crippen LogP contribution >= 0.6 is 12.4 Å². The molecule has 1 aromatic rings. The molecule has 3 heteroatoms. The summed E-state index contributed by atoms with van der Waals surface area (Å²) >= 11 is 0. The Bertz CT molecular complexity index is 354. The lowest BCUT2D eigenvalue weighted by molar-refractivity contribution is 0.194. The van der Waals surface area contributed by atoms with Crippen molar-refractivity contribution in [1.29, 1.82) is 0 Å². The minimum atomic E-state index is 0. The van der Waals surface area contributed by atoms with Crippen molar-refractivity contribution in [3.63, 3.8) is 0 Å². The molecule has 1 fully saturated rings. The highest BCUT2D eigenvalue weighted by atomic mass is 35.5. The predicted molar refractivity (Wildman–Crippen MR) is 85.1 cm³/mol. The molecule has 0 saturated carbocycles. The van der Waals surface area contributed by atoms with Crippen LogP contribution < -0.4 is 5.32 Å². The molecule has 0 aliphatic carbocycles. The van der Waals surface area contributed by atoms with E-state index in [0.717, 1.165) is 12.6 Å². The largest absolute Gasteiger partial charge is 0.317 e. The lowest BCUT2D eigenvalue weighted by atomic mass is 10.0. The summed E-state index contributed by atoms with van der Waals surface area (Å²) in [5.41, 5.74) is 2.88. The zero-order valence-electron chi connectivity index (χ0n) is 12.4. The van der Waals surface area contributed by atoms with Crippen LogP contribution in [0.25, 0.3) is 0 Å². The van der Waals surface area contributed by atoms with Crippen LogP contribution in [0.5, 0.6) is 0 Å². The van der Waals surface area contributed by atoms with Crippen LogP contribution in [0.4, 0.5) is 0 Å². The summed E-state index contributed by atoms with van der Waals surface area (Å²) in [6.07, 6.45) is 2.56. The summed E-state index contributed by atoms with van der Waals surface area (Å²) in [6, 6.07) is 9.87. The maximum atomic E-state index is 3.38. The summed E-state index contributed by atoms with van der Waals surface area (Å²) in [5, 5.41) is 3.38. The molecule has 1 saturated heterocycles. The topological polar surface area (TPSA) is 15.3 Å². The van der Waals surface area contributed by atoms with Gasteiger partial charge in [-0.05, 0) is 50.0 Å². The zero-order chi connectivity index (χ0) is 13.0. The fourth-order valence-electron chi connectivity index (χ4n) is 2.65. The molecule has 0 aromatic heterocycles. The van der Waals surface area contributed by atoms with Crippen molar-refractivity contribution in [3.05, 3.63) is 35.4 Å². The van der Waals surface area contributed by atoms with Gasteiger partial charge in [-0.25, -0.2) is 0 Å². The number of benzene rings is 1. The maximum Gasteiger partial charge on any atom is 0.0233 e. The number of likely N-dealkylation sites (tertiary alicyclic amines) is 1. The number of nitrogens with zero attached hydrogens (tertiary/aromatic N) is 1. The van der Waals surface area contributed by atoms with E-state index in [4.69, 9.17) is 0 Å². The molecular formula is C16H27ClN2. The van der Waals surface area contributed by atoms with Gasteiger partial charge in [-0.1, -0.05) is 38.1 Å². The van der Waals surface area contributed by atoms with E-state index in [1.165, 1.54) is 37.1 Å². The van der Waals surface area contributed by atoms with Crippen molar-refractivity contribution in [2.75, 3.05) is 20.1 Å². The van der Waals surface area contributed by atoms with Crippen LogP contribution in [0.3, 0.4) is 0 Å². The molecule has 2 rings (SSSR count). The lowest BCUT2D eigenvalue weighted by Crippen LogP contribution is -2.40. The van der Waals surface area contributed by atoms with Gasteiger partial charge >= 0.3 is 0 Å². The highest BCUT2D eigenvalue weighted by molar-refractivity contribution is 5.85. The lowest BCUT2D eigenvalue weighted by Gasteiger charge is -2.31. The Morgan fingerprint density at radius 3 is 2.21 bits per heavy atom. The molecule has 1 aliphatic heterocycles. The standard InChI is InChI=1S/C16H26N2.ClH/c1-13(2)15-6-4-14(5-7-15)12-18-10-8-16(17-3)9-11-18;/h4-7,13,16-17H,8-12H2,1-3H3;1H. The van der Waals surface area contributed by atoms with Gasteiger partial charge in [0.1, 0.15) is 0 Å². The van der Waals surface area contributed by atoms with Gasteiger partial charge in [0.15, 0.2) is 0 Å². The maximum absolute atomic E-state index is 3.38. The Morgan fingerprint density at radius 2 is 1.74 bits per heavy atom. The molecule has 1 heterocycles. The third kappa shape index (κ3) is 4.79. The third-order valence-electron chi connectivity index (χ3n) is 4.05. The average Bonchev–Trinajstić information content (AvgIpc) is 2.40. The monoisotopic (exact) mass is 282 g/mol. The van der Waals surface area contributed by atoms with Gasteiger partial charge < -0.3 is 5.32 Å². The van der Waals surface area contributed by atoms with Gasteiger partial charge in [-0.2, -0.15) is 0 Å². The number of hydrogen-bond donors (Lipinski definition) is 1. The number of piperidine rings is 1. The first-order valence-electron chi connectivity index (χ1n) is 7.17. The van der Waals surface area contributed by atoms with E-state index >= 15 is 0 Å². The first kappa shape index (κ1) is 16.5. The van der Waals surface area contributed by atoms with E-state index in [0.29, 0.717) is 5.92 Å². The highest BCUT2D eigenvalue weighted by Crippen LogP contribution is 2.17. The second kappa shape index (κ2) is 7.88. The van der Waals surface area contributed by atoms with Crippen molar-refractivity contribution in [2.45, 2.75) is 45.2 Å². The molecule has 19 heavy (non-hydrogen) atoms. The molecule has 0 unspecified atom stereocenters. The van der Waals surface area contributed by atoms with Gasteiger partial charge in [-0.3, -0.25) is 4.90 Å². The second-order valence-corrected chi connectivity index (χ2v) is 5.74. The second-order valence-electron chi connectivity index (χ2n) is 5.74. The van der Waals surface area contributed by atoms with Crippen LogP contribution in [0.1, 0.15) is 43.7 Å².